The first-order chi connectivity index (χ1) is 9.15. The smallest absolute Gasteiger partial charge is 0.122 e. The number of rotatable bonds is 8. The van der Waals surface area contributed by atoms with Gasteiger partial charge in [-0.25, -0.2) is 0 Å². The normalized spacial score (nSPS) is 14.2. The molecular formula is C16H27NO2. The summed E-state index contributed by atoms with van der Waals surface area (Å²) in [5.74, 6) is 0.956. The summed E-state index contributed by atoms with van der Waals surface area (Å²) < 4.78 is 11.1. The Balaban J connectivity index is 2.87. The fourth-order valence-corrected chi connectivity index (χ4v) is 2.49. The van der Waals surface area contributed by atoms with Crippen LogP contribution in [0.2, 0.25) is 0 Å². The first-order valence-electron chi connectivity index (χ1n) is 6.99. The number of methoxy groups -OCH3 is 2. The fraction of sp³-hybridized carbons (Fsp3) is 0.625. The highest BCUT2D eigenvalue weighted by Crippen LogP contribution is 2.23. The minimum atomic E-state index is 0.236. The molecule has 0 bridgehead atoms. The summed E-state index contributed by atoms with van der Waals surface area (Å²) in [6.45, 7) is 4.29. The van der Waals surface area contributed by atoms with Crippen LogP contribution in [0, 0.1) is 6.92 Å². The molecule has 0 aliphatic carbocycles. The Labute approximate surface area is 117 Å². The molecule has 1 N–H and O–H groups in total. The lowest BCUT2D eigenvalue weighted by atomic mass is 9.97. The van der Waals surface area contributed by atoms with Gasteiger partial charge in [0.05, 0.1) is 13.2 Å². The van der Waals surface area contributed by atoms with Crippen molar-refractivity contribution in [2.45, 2.75) is 45.3 Å². The van der Waals surface area contributed by atoms with Crippen molar-refractivity contribution < 1.29 is 9.47 Å². The zero-order valence-electron chi connectivity index (χ0n) is 12.8. The lowest BCUT2D eigenvalue weighted by Crippen LogP contribution is -2.40. The number of aryl methyl sites for hydroxylation is 1. The molecule has 0 amide bonds. The summed E-state index contributed by atoms with van der Waals surface area (Å²) >= 11 is 0. The van der Waals surface area contributed by atoms with Crippen LogP contribution in [-0.4, -0.2) is 33.4 Å². The third kappa shape index (κ3) is 4.51. The van der Waals surface area contributed by atoms with Gasteiger partial charge in [-0.15, -0.1) is 0 Å². The van der Waals surface area contributed by atoms with Crippen molar-refractivity contribution in [1.29, 1.82) is 0 Å². The van der Waals surface area contributed by atoms with E-state index in [0.717, 1.165) is 25.0 Å². The van der Waals surface area contributed by atoms with Crippen LogP contribution in [0.15, 0.2) is 18.2 Å². The highest BCUT2D eigenvalue weighted by molar-refractivity contribution is 5.37. The number of nitrogens with one attached hydrogen (secondary N) is 1. The molecule has 0 aromatic heterocycles. The van der Waals surface area contributed by atoms with Crippen LogP contribution in [0.4, 0.5) is 0 Å². The zero-order valence-corrected chi connectivity index (χ0v) is 12.8. The van der Waals surface area contributed by atoms with Crippen LogP contribution >= 0.6 is 0 Å². The Bertz CT molecular complexity index is 379. The molecular weight excluding hydrogens is 238 g/mol. The quantitative estimate of drug-likeness (QED) is 0.784. The Hall–Kier alpha value is -1.06. The predicted molar refractivity (Wildman–Crippen MR) is 80.0 cm³/mol. The van der Waals surface area contributed by atoms with Crippen molar-refractivity contribution in [3.8, 4) is 5.75 Å². The zero-order chi connectivity index (χ0) is 14.3. The van der Waals surface area contributed by atoms with E-state index in [2.05, 4.69) is 31.3 Å². The molecule has 19 heavy (non-hydrogen) atoms. The molecule has 3 nitrogen and oxygen atoms in total. The largest absolute Gasteiger partial charge is 0.496 e. The summed E-state index contributed by atoms with van der Waals surface area (Å²) in [6.07, 6.45) is 3.35. The van der Waals surface area contributed by atoms with Crippen LogP contribution in [0.5, 0.6) is 5.75 Å². The molecule has 0 spiro atoms. The Kier molecular flexibility index (Phi) is 6.89. The van der Waals surface area contributed by atoms with Crippen LogP contribution in [-0.2, 0) is 11.2 Å². The van der Waals surface area contributed by atoms with E-state index in [-0.39, 0.29) is 6.10 Å². The van der Waals surface area contributed by atoms with Gasteiger partial charge in [-0.1, -0.05) is 31.0 Å². The summed E-state index contributed by atoms with van der Waals surface area (Å²) in [5, 5.41) is 3.38. The van der Waals surface area contributed by atoms with E-state index in [4.69, 9.17) is 9.47 Å². The molecule has 2 unspecified atom stereocenters. The standard InChI is InChI=1S/C16H27NO2/c1-6-7-16(19-5)14(17-3)11-13-10-12(2)8-9-15(13)18-4/h8-10,14,16-17H,6-7,11H2,1-5H3. The molecule has 0 saturated heterocycles. The van der Waals surface area contributed by atoms with Gasteiger partial charge in [0.2, 0.25) is 0 Å². The first kappa shape index (κ1) is 16.0. The van der Waals surface area contributed by atoms with E-state index in [1.165, 1.54) is 11.1 Å². The van der Waals surface area contributed by atoms with Crippen molar-refractivity contribution in [2.24, 2.45) is 0 Å². The summed E-state index contributed by atoms with van der Waals surface area (Å²) in [5.41, 5.74) is 2.50. The van der Waals surface area contributed by atoms with Crippen LogP contribution in [0.1, 0.15) is 30.9 Å². The SMILES string of the molecule is CCCC(OC)C(Cc1cc(C)ccc1OC)NC. The maximum absolute atomic E-state index is 5.62. The van der Waals surface area contributed by atoms with Crippen molar-refractivity contribution in [3.63, 3.8) is 0 Å². The van der Waals surface area contributed by atoms with Gasteiger partial charge in [-0.2, -0.15) is 0 Å². The highest BCUT2D eigenvalue weighted by atomic mass is 16.5. The fourth-order valence-electron chi connectivity index (χ4n) is 2.49. The number of hydrogen-bond acceptors (Lipinski definition) is 3. The Morgan fingerprint density at radius 1 is 1.26 bits per heavy atom. The number of ether oxygens (including phenoxy) is 2. The second-order valence-corrected chi connectivity index (χ2v) is 4.98. The third-order valence-electron chi connectivity index (χ3n) is 3.57. The van der Waals surface area contributed by atoms with E-state index in [0.29, 0.717) is 6.04 Å². The molecule has 0 aliphatic heterocycles. The van der Waals surface area contributed by atoms with Gasteiger partial charge in [-0.05, 0) is 38.4 Å². The molecule has 3 heteroatoms. The van der Waals surface area contributed by atoms with Crippen molar-refractivity contribution in [3.05, 3.63) is 29.3 Å². The molecule has 0 fully saturated rings. The molecule has 1 aromatic rings. The van der Waals surface area contributed by atoms with E-state index in [1.807, 2.05) is 13.1 Å². The molecule has 1 rings (SSSR count). The molecule has 0 heterocycles. The van der Waals surface area contributed by atoms with Crippen molar-refractivity contribution in [2.75, 3.05) is 21.3 Å². The molecule has 1 aromatic carbocycles. The lowest BCUT2D eigenvalue weighted by molar-refractivity contribution is 0.0631. The van der Waals surface area contributed by atoms with E-state index >= 15 is 0 Å². The monoisotopic (exact) mass is 265 g/mol. The summed E-state index contributed by atoms with van der Waals surface area (Å²) in [6, 6.07) is 6.62. The topological polar surface area (TPSA) is 30.5 Å². The molecule has 2 atom stereocenters. The van der Waals surface area contributed by atoms with Gasteiger partial charge in [-0.3, -0.25) is 0 Å². The van der Waals surface area contributed by atoms with Crippen LogP contribution in [0.25, 0.3) is 0 Å². The van der Waals surface area contributed by atoms with Gasteiger partial charge in [0.25, 0.3) is 0 Å². The average Bonchev–Trinajstić information content (AvgIpc) is 2.42. The lowest BCUT2D eigenvalue weighted by Gasteiger charge is -2.26. The minimum absolute atomic E-state index is 0.236. The molecule has 0 radical (unpaired) electrons. The second-order valence-electron chi connectivity index (χ2n) is 4.98. The van der Waals surface area contributed by atoms with Gasteiger partial charge < -0.3 is 14.8 Å². The molecule has 108 valence electrons. The number of benzene rings is 1. The van der Waals surface area contributed by atoms with E-state index < -0.39 is 0 Å². The van der Waals surface area contributed by atoms with Gasteiger partial charge in [0.1, 0.15) is 5.75 Å². The first-order valence-corrected chi connectivity index (χ1v) is 6.99. The van der Waals surface area contributed by atoms with Crippen molar-refractivity contribution >= 4 is 0 Å². The van der Waals surface area contributed by atoms with Crippen LogP contribution < -0.4 is 10.1 Å². The van der Waals surface area contributed by atoms with Crippen molar-refractivity contribution in [1.82, 2.24) is 5.32 Å². The molecule has 0 saturated carbocycles. The Morgan fingerprint density at radius 2 is 2.00 bits per heavy atom. The predicted octanol–water partition coefficient (Wildman–Crippen LogP) is 2.95. The van der Waals surface area contributed by atoms with Crippen LogP contribution in [0.3, 0.4) is 0 Å². The summed E-state index contributed by atoms with van der Waals surface area (Å²) in [7, 11) is 5.51. The van der Waals surface area contributed by atoms with E-state index in [1.54, 1.807) is 14.2 Å². The van der Waals surface area contributed by atoms with E-state index in [9.17, 15) is 0 Å². The Morgan fingerprint density at radius 3 is 2.53 bits per heavy atom. The van der Waals surface area contributed by atoms with Gasteiger partial charge >= 0.3 is 0 Å². The second kappa shape index (κ2) is 8.18. The van der Waals surface area contributed by atoms with Gasteiger partial charge in [0.15, 0.2) is 0 Å². The minimum Gasteiger partial charge on any atom is -0.496 e. The summed E-state index contributed by atoms with van der Waals surface area (Å²) in [4.78, 5) is 0. The maximum Gasteiger partial charge on any atom is 0.122 e. The number of hydrogen-bond donors (Lipinski definition) is 1. The molecule has 0 aliphatic rings. The third-order valence-corrected chi connectivity index (χ3v) is 3.57. The maximum atomic E-state index is 5.62. The number of likely N-dealkylation sites (N-methyl/N-ethyl adjacent to an activating group) is 1. The van der Waals surface area contributed by atoms with Gasteiger partial charge in [0, 0.05) is 13.2 Å². The highest BCUT2D eigenvalue weighted by Gasteiger charge is 2.20. The average molecular weight is 265 g/mol.